The minimum absolute atomic E-state index is 0.0405. The number of allylic oxidation sites excluding steroid dienone is 1. The Morgan fingerprint density at radius 3 is 2.81 bits per heavy atom. The standard InChI is InChI=1S/C12H19N3S/c1-12(2,3)10-14-11(16-15-10)13-9-7-5-4-6-8-9/h5,7,9H,4,6,8H2,1-3H3,(H,13,14,15). The van der Waals surface area contributed by atoms with Gasteiger partial charge >= 0.3 is 0 Å². The number of rotatable bonds is 2. The molecule has 0 spiro atoms. The summed E-state index contributed by atoms with van der Waals surface area (Å²) in [6, 6.07) is 0.439. The van der Waals surface area contributed by atoms with Gasteiger partial charge in [0.05, 0.1) is 0 Å². The predicted molar refractivity (Wildman–Crippen MR) is 69.0 cm³/mol. The second-order valence-electron chi connectivity index (χ2n) is 5.28. The molecule has 0 fully saturated rings. The number of hydrogen-bond acceptors (Lipinski definition) is 4. The summed E-state index contributed by atoms with van der Waals surface area (Å²) in [7, 11) is 0. The van der Waals surface area contributed by atoms with Crippen molar-refractivity contribution in [1.29, 1.82) is 0 Å². The first kappa shape index (κ1) is 11.6. The Morgan fingerprint density at radius 1 is 1.44 bits per heavy atom. The first-order valence-electron chi connectivity index (χ1n) is 5.83. The van der Waals surface area contributed by atoms with Crippen LogP contribution in [0.3, 0.4) is 0 Å². The van der Waals surface area contributed by atoms with E-state index in [-0.39, 0.29) is 5.41 Å². The summed E-state index contributed by atoms with van der Waals surface area (Å²) in [5.74, 6) is 0.930. The Hall–Kier alpha value is -0.900. The van der Waals surface area contributed by atoms with Gasteiger partial charge in [0.1, 0.15) is 5.82 Å². The Balaban J connectivity index is 2.02. The normalized spacial score (nSPS) is 21.1. The third-order valence-corrected chi connectivity index (χ3v) is 3.31. The molecule has 1 aliphatic rings. The molecule has 1 atom stereocenters. The van der Waals surface area contributed by atoms with Crippen LogP contribution in [0.1, 0.15) is 45.9 Å². The molecule has 0 saturated carbocycles. The molecule has 0 aromatic carbocycles. The smallest absolute Gasteiger partial charge is 0.203 e. The lowest BCUT2D eigenvalue weighted by molar-refractivity contribution is 0.554. The lowest BCUT2D eigenvalue weighted by atomic mass is 9.96. The molecule has 4 heteroatoms. The van der Waals surface area contributed by atoms with Crippen molar-refractivity contribution in [3.05, 3.63) is 18.0 Å². The highest BCUT2D eigenvalue weighted by molar-refractivity contribution is 7.09. The maximum absolute atomic E-state index is 4.54. The highest BCUT2D eigenvalue weighted by atomic mass is 32.1. The molecule has 16 heavy (non-hydrogen) atoms. The lowest BCUT2D eigenvalue weighted by Crippen LogP contribution is -2.19. The van der Waals surface area contributed by atoms with Crippen LogP contribution in [0.2, 0.25) is 0 Å². The highest BCUT2D eigenvalue weighted by Gasteiger charge is 2.20. The summed E-state index contributed by atoms with van der Waals surface area (Å²) in [5.41, 5.74) is 0.0405. The Kier molecular flexibility index (Phi) is 3.28. The molecule has 0 bridgehead atoms. The van der Waals surface area contributed by atoms with E-state index < -0.39 is 0 Å². The van der Waals surface area contributed by atoms with E-state index in [2.05, 4.69) is 47.6 Å². The molecule has 0 amide bonds. The monoisotopic (exact) mass is 237 g/mol. The van der Waals surface area contributed by atoms with E-state index in [1.807, 2.05) is 0 Å². The van der Waals surface area contributed by atoms with Crippen molar-refractivity contribution >= 4 is 16.7 Å². The molecule has 3 nitrogen and oxygen atoms in total. The third-order valence-electron chi connectivity index (χ3n) is 2.66. The SMILES string of the molecule is CC(C)(C)c1nsc(NC2C=CCCC2)n1. The zero-order valence-corrected chi connectivity index (χ0v) is 11.0. The van der Waals surface area contributed by atoms with Gasteiger partial charge in [0.2, 0.25) is 5.13 Å². The summed E-state index contributed by atoms with van der Waals surface area (Å²) >= 11 is 1.46. The van der Waals surface area contributed by atoms with E-state index in [0.717, 1.165) is 11.0 Å². The number of anilines is 1. The fourth-order valence-corrected chi connectivity index (χ4v) is 2.50. The second-order valence-corrected chi connectivity index (χ2v) is 6.03. The van der Waals surface area contributed by atoms with Gasteiger partial charge in [0, 0.05) is 23.0 Å². The predicted octanol–water partition coefficient (Wildman–Crippen LogP) is 3.36. The van der Waals surface area contributed by atoms with Crippen molar-refractivity contribution in [2.45, 2.75) is 51.5 Å². The summed E-state index contributed by atoms with van der Waals surface area (Å²) in [4.78, 5) is 4.54. The maximum atomic E-state index is 4.54. The zero-order chi connectivity index (χ0) is 11.6. The van der Waals surface area contributed by atoms with Gasteiger partial charge in [-0.3, -0.25) is 0 Å². The molecule has 1 heterocycles. The molecule has 1 N–H and O–H groups in total. The average molecular weight is 237 g/mol. The van der Waals surface area contributed by atoms with Crippen LogP contribution >= 0.6 is 11.5 Å². The molecule has 0 radical (unpaired) electrons. The van der Waals surface area contributed by atoms with Crippen molar-refractivity contribution in [2.75, 3.05) is 5.32 Å². The van der Waals surface area contributed by atoms with E-state index in [1.165, 1.54) is 30.8 Å². The van der Waals surface area contributed by atoms with Gasteiger partial charge in [-0.05, 0) is 19.3 Å². The van der Waals surface area contributed by atoms with Crippen molar-refractivity contribution in [3.8, 4) is 0 Å². The van der Waals surface area contributed by atoms with Gasteiger partial charge in [-0.25, -0.2) is 4.98 Å². The molecular weight excluding hydrogens is 218 g/mol. The van der Waals surface area contributed by atoms with Crippen LogP contribution in [-0.2, 0) is 5.41 Å². The topological polar surface area (TPSA) is 37.8 Å². The van der Waals surface area contributed by atoms with E-state index in [0.29, 0.717) is 6.04 Å². The van der Waals surface area contributed by atoms with Gasteiger partial charge in [0.25, 0.3) is 0 Å². The number of hydrogen-bond donors (Lipinski definition) is 1. The average Bonchev–Trinajstić information content (AvgIpc) is 2.67. The van der Waals surface area contributed by atoms with Crippen molar-refractivity contribution in [3.63, 3.8) is 0 Å². The van der Waals surface area contributed by atoms with Crippen molar-refractivity contribution in [1.82, 2.24) is 9.36 Å². The molecule has 2 rings (SSSR count). The molecule has 88 valence electrons. The zero-order valence-electron chi connectivity index (χ0n) is 10.2. The molecule has 0 saturated heterocycles. The van der Waals surface area contributed by atoms with Gasteiger partial charge in [-0.15, -0.1) is 0 Å². The minimum Gasteiger partial charge on any atom is -0.354 e. The van der Waals surface area contributed by atoms with Crippen molar-refractivity contribution < 1.29 is 0 Å². The van der Waals surface area contributed by atoms with E-state index in [4.69, 9.17) is 0 Å². The first-order valence-corrected chi connectivity index (χ1v) is 6.60. The summed E-state index contributed by atoms with van der Waals surface area (Å²) in [5, 5.41) is 4.38. The number of nitrogens with one attached hydrogen (secondary N) is 1. The molecule has 1 aromatic rings. The Labute approximate surface area is 101 Å². The number of nitrogens with zero attached hydrogens (tertiary/aromatic N) is 2. The van der Waals surface area contributed by atoms with Crippen LogP contribution in [0.4, 0.5) is 5.13 Å². The van der Waals surface area contributed by atoms with Crippen LogP contribution in [-0.4, -0.2) is 15.4 Å². The van der Waals surface area contributed by atoms with Gasteiger partial charge in [-0.1, -0.05) is 32.9 Å². The van der Waals surface area contributed by atoms with Crippen LogP contribution in [0, 0.1) is 0 Å². The maximum Gasteiger partial charge on any atom is 0.203 e. The van der Waals surface area contributed by atoms with Crippen LogP contribution in [0.5, 0.6) is 0 Å². The molecule has 1 unspecified atom stereocenters. The molecule has 0 aliphatic heterocycles. The van der Waals surface area contributed by atoms with Crippen LogP contribution in [0.25, 0.3) is 0 Å². The van der Waals surface area contributed by atoms with Gasteiger partial charge in [0.15, 0.2) is 0 Å². The molecule has 1 aliphatic carbocycles. The van der Waals surface area contributed by atoms with Gasteiger partial charge < -0.3 is 5.32 Å². The fraction of sp³-hybridized carbons (Fsp3) is 0.667. The Bertz CT molecular complexity index is 376. The third kappa shape index (κ3) is 2.82. The van der Waals surface area contributed by atoms with E-state index >= 15 is 0 Å². The van der Waals surface area contributed by atoms with E-state index in [1.54, 1.807) is 0 Å². The largest absolute Gasteiger partial charge is 0.354 e. The van der Waals surface area contributed by atoms with Crippen molar-refractivity contribution in [2.24, 2.45) is 0 Å². The van der Waals surface area contributed by atoms with Crippen LogP contribution in [0.15, 0.2) is 12.2 Å². The van der Waals surface area contributed by atoms with Gasteiger partial charge in [-0.2, -0.15) is 4.37 Å². The summed E-state index contributed by atoms with van der Waals surface area (Å²) < 4.78 is 4.40. The lowest BCUT2D eigenvalue weighted by Gasteiger charge is -2.17. The van der Waals surface area contributed by atoms with E-state index in [9.17, 15) is 0 Å². The number of aromatic nitrogens is 2. The first-order chi connectivity index (χ1) is 7.55. The molecule has 1 aromatic heterocycles. The van der Waals surface area contributed by atoms with Crippen LogP contribution < -0.4 is 5.32 Å². The fourth-order valence-electron chi connectivity index (χ4n) is 1.68. The Morgan fingerprint density at radius 2 is 2.25 bits per heavy atom. The quantitative estimate of drug-likeness (QED) is 0.801. The summed E-state index contributed by atoms with van der Waals surface area (Å²) in [6.45, 7) is 6.41. The second kappa shape index (κ2) is 4.53. The highest BCUT2D eigenvalue weighted by Crippen LogP contribution is 2.24. The summed E-state index contributed by atoms with van der Waals surface area (Å²) in [6.07, 6.45) is 8.15. The minimum atomic E-state index is 0.0405. The molecular formula is C12H19N3S.